The highest BCUT2D eigenvalue weighted by Crippen LogP contribution is 2.15. The predicted octanol–water partition coefficient (Wildman–Crippen LogP) is 1.25. The van der Waals surface area contributed by atoms with E-state index in [4.69, 9.17) is 10.7 Å². The lowest BCUT2D eigenvalue weighted by molar-refractivity contribution is -0.133. The summed E-state index contributed by atoms with van der Waals surface area (Å²) in [4.78, 5) is 18.5. The quantitative estimate of drug-likeness (QED) is 0.824. The van der Waals surface area contributed by atoms with Crippen LogP contribution in [0.4, 0.5) is 4.39 Å². The lowest BCUT2D eigenvalue weighted by atomic mass is 10.1. The van der Waals surface area contributed by atoms with Gasteiger partial charge in [-0.25, -0.2) is 10.3 Å². The van der Waals surface area contributed by atoms with E-state index in [1.54, 1.807) is 23.1 Å². The number of piperidine rings is 1. The fraction of sp³-hybridized carbons (Fsp3) is 0.462. The van der Waals surface area contributed by atoms with Gasteiger partial charge in [0.05, 0.1) is 12.5 Å². The van der Waals surface area contributed by atoms with Crippen molar-refractivity contribution in [2.24, 2.45) is 5.90 Å². The normalized spacial score (nSPS) is 16.9. The molecule has 1 amide bonds. The molecule has 0 aliphatic carbocycles. The zero-order valence-electron chi connectivity index (χ0n) is 10.1. The lowest BCUT2D eigenvalue weighted by Crippen LogP contribution is -2.42. The number of amides is 1. The van der Waals surface area contributed by atoms with Crippen LogP contribution >= 0.6 is 0 Å². The van der Waals surface area contributed by atoms with Crippen LogP contribution in [-0.2, 0) is 16.1 Å². The summed E-state index contributed by atoms with van der Waals surface area (Å²) >= 11 is 0. The Bertz CT molecular complexity index is 417. The van der Waals surface area contributed by atoms with Gasteiger partial charge in [-0.2, -0.15) is 0 Å². The number of carbonyl (C=O) groups is 1. The second kappa shape index (κ2) is 5.93. The number of nitrogens with two attached hydrogens (primary N) is 1. The van der Waals surface area contributed by atoms with Crippen molar-refractivity contribution in [2.75, 3.05) is 13.1 Å². The average molecular weight is 252 g/mol. The molecule has 5 heteroatoms. The first kappa shape index (κ1) is 13.0. The minimum atomic E-state index is -0.328. The van der Waals surface area contributed by atoms with Gasteiger partial charge in [-0.05, 0) is 24.5 Å². The van der Waals surface area contributed by atoms with Crippen LogP contribution in [0.2, 0.25) is 0 Å². The molecule has 0 bridgehead atoms. The number of likely N-dealkylation sites (tertiary alicyclic amines) is 1. The smallest absolute Gasteiger partial charge is 0.227 e. The molecule has 1 aromatic carbocycles. The van der Waals surface area contributed by atoms with Crippen molar-refractivity contribution in [1.29, 1.82) is 0 Å². The third kappa shape index (κ3) is 3.05. The van der Waals surface area contributed by atoms with Crippen LogP contribution in [-0.4, -0.2) is 30.0 Å². The lowest BCUT2D eigenvalue weighted by Gasteiger charge is -2.30. The fourth-order valence-corrected chi connectivity index (χ4v) is 2.16. The summed E-state index contributed by atoms with van der Waals surface area (Å²) in [7, 11) is 0. The summed E-state index contributed by atoms with van der Waals surface area (Å²) in [5, 5.41) is 0. The summed E-state index contributed by atoms with van der Waals surface area (Å²) < 4.78 is 13.4. The van der Waals surface area contributed by atoms with E-state index in [2.05, 4.69) is 0 Å². The van der Waals surface area contributed by atoms with Crippen LogP contribution in [0, 0.1) is 5.82 Å². The molecule has 2 rings (SSSR count). The van der Waals surface area contributed by atoms with E-state index in [9.17, 15) is 9.18 Å². The highest BCUT2D eigenvalue weighted by atomic mass is 19.1. The van der Waals surface area contributed by atoms with Gasteiger partial charge in [0.25, 0.3) is 0 Å². The second-order valence-corrected chi connectivity index (χ2v) is 4.48. The van der Waals surface area contributed by atoms with E-state index >= 15 is 0 Å². The number of carbonyl (C=O) groups excluding carboxylic acids is 1. The zero-order valence-corrected chi connectivity index (χ0v) is 10.1. The monoisotopic (exact) mass is 252 g/mol. The van der Waals surface area contributed by atoms with Gasteiger partial charge in [0.2, 0.25) is 5.91 Å². The van der Waals surface area contributed by atoms with Gasteiger partial charge >= 0.3 is 0 Å². The first-order valence-electron chi connectivity index (χ1n) is 6.07. The third-order valence-electron chi connectivity index (χ3n) is 3.29. The number of hydrogen-bond acceptors (Lipinski definition) is 3. The van der Waals surface area contributed by atoms with E-state index in [0.29, 0.717) is 18.7 Å². The molecule has 0 saturated carbocycles. The highest BCUT2D eigenvalue weighted by molar-refractivity contribution is 5.78. The molecule has 0 aromatic heterocycles. The van der Waals surface area contributed by atoms with E-state index < -0.39 is 0 Å². The van der Waals surface area contributed by atoms with E-state index in [0.717, 1.165) is 12.8 Å². The molecule has 1 aliphatic rings. The zero-order chi connectivity index (χ0) is 13.0. The van der Waals surface area contributed by atoms with E-state index in [1.165, 1.54) is 6.07 Å². The van der Waals surface area contributed by atoms with Gasteiger partial charge in [0, 0.05) is 13.1 Å². The van der Waals surface area contributed by atoms with E-state index in [1.807, 2.05) is 0 Å². The number of nitrogens with zero attached hydrogens (tertiary/aromatic N) is 1. The Balaban J connectivity index is 1.91. The van der Waals surface area contributed by atoms with Crippen molar-refractivity contribution >= 4 is 5.91 Å². The van der Waals surface area contributed by atoms with Crippen LogP contribution < -0.4 is 5.90 Å². The first-order valence-corrected chi connectivity index (χ1v) is 6.07. The maximum atomic E-state index is 13.4. The van der Waals surface area contributed by atoms with Crippen LogP contribution in [0.15, 0.2) is 24.3 Å². The molecule has 1 aromatic rings. The number of hydrogen-bond donors (Lipinski definition) is 1. The fourth-order valence-electron chi connectivity index (χ4n) is 2.16. The molecule has 0 atom stereocenters. The molecular formula is C13H17FN2O2. The molecule has 4 nitrogen and oxygen atoms in total. The summed E-state index contributed by atoms with van der Waals surface area (Å²) in [6, 6.07) is 6.37. The molecule has 0 unspecified atom stereocenters. The van der Waals surface area contributed by atoms with Gasteiger partial charge in [-0.1, -0.05) is 18.2 Å². The molecule has 98 valence electrons. The molecule has 2 N–H and O–H groups in total. The largest absolute Gasteiger partial charge is 0.342 e. The third-order valence-corrected chi connectivity index (χ3v) is 3.29. The Kier molecular flexibility index (Phi) is 4.28. The van der Waals surface area contributed by atoms with E-state index in [-0.39, 0.29) is 24.2 Å². The Morgan fingerprint density at radius 2 is 2.06 bits per heavy atom. The first-order chi connectivity index (χ1) is 8.70. The summed E-state index contributed by atoms with van der Waals surface area (Å²) in [6.45, 7) is 1.24. The summed E-state index contributed by atoms with van der Waals surface area (Å²) in [5.74, 6) is 4.74. The molecule has 1 saturated heterocycles. The van der Waals surface area contributed by atoms with Gasteiger partial charge in [-0.15, -0.1) is 0 Å². The SMILES string of the molecule is NOC1CCN(C(=O)Cc2ccccc2F)CC1. The van der Waals surface area contributed by atoms with Crippen molar-refractivity contribution in [3.8, 4) is 0 Å². The number of halogens is 1. The Morgan fingerprint density at radius 1 is 1.39 bits per heavy atom. The molecule has 1 aliphatic heterocycles. The molecular weight excluding hydrogens is 235 g/mol. The molecule has 0 spiro atoms. The topological polar surface area (TPSA) is 55.6 Å². The predicted molar refractivity (Wildman–Crippen MR) is 65.0 cm³/mol. The minimum absolute atomic E-state index is 0.0301. The van der Waals surface area contributed by atoms with Crippen LogP contribution in [0.3, 0.4) is 0 Å². The standard InChI is InChI=1S/C13H17FN2O2/c14-12-4-2-1-3-10(12)9-13(17)16-7-5-11(18-15)6-8-16/h1-4,11H,5-9,15H2. The maximum Gasteiger partial charge on any atom is 0.227 e. The van der Waals surface area contributed by atoms with Gasteiger partial charge in [0.15, 0.2) is 0 Å². The van der Waals surface area contributed by atoms with Crippen molar-refractivity contribution < 1.29 is 14.0 Å². The van der Waals surface area contributed by atoms with Gasteiger partial charge in [-0.3, -0.25) is 4.79 Å². The van der Waals surface area contributed by atoms with Crippen LogP contribution in [0.25, 0.3) is 0 Å². The average Bonchev–Trinajstić information content (AvgIpc) is 2.41. The van der Waals surface area contributed by atoms with Crippen molar-refractivity contribution in [3.05, 3.63) is 35.6 Å². The van der Waals surface area contributed by atoms with Gasteiger partial charge in [0.1, 0.15) is 5.82 Å². The maximum absolute atomic E-state index is 13.4. The second-order valence-electron chi connectivity index (χ2n) is 4.48. The minimum Gasteiger partial charge on any atom is -0.342 e. The molecule has 1 fully saturated rings. The van der Waals surface area contributed by atoms with Crippen molar-refractivity contribution in [1.82, 2.24) is 4.90 Å². The number of rotatable bonds is 3. The van der Waals surface area contributed by atoms with Gasteiger partial charge < -0.3 is 9.74 Å². The Hall–Kier alpha value is -1.46. The number of benzene rings is 1. The summed E-state index contributed by atoms with van der Waals surface area (Å²) in [6.07, 6.45) is 1.61. The molecule has 1 heterocycles. The Labute approximate surface area is 105 Å². The Morgan fingerprint density at radius 3 is 2.67 bits per heavy atom. The summed E-state index contributed by atoms with van der Waals surface area (Å²) in [5.41, 5.74) is 0.444. The molecule has 0 radical (unpaired) electrons. The highest BCUT2D eigenvalue weighted by Gasteiger charge is 2.23. The van der Waals surface area contributed by atoms with Crippen molar-refractivity contribution in [3.63, 3.8) is 0 Å². The van der Waals surface area contributed by atoms with Crippen molar-refractivity contribution in [2.45, 2.75) is 25.4 Å². The van der Waals surface area contributed by atoms with Crippen LogP contribution in [0.1, 0.15) is 18.4 Å². The van der Waals surface area contributed by atoms with Crippen LogP contribution in [0.5, 0.6) is 0 Å². The molecule has 18 heavy (non-hydrogen) atoms.